The molecule has 0 bridgehead atoms. The number of nitrogens with one attached hydrogen (secondary N) is 2. The number of halogens is 3. The lowest BCUT2D eigenvalue weighted by molar-refractivity contribution is -0.116. The number of rotatable bonds is 7. The summed E-state index contributed by atoms with van der Waals surface area (Å²) >= 11 is 0. The topological polar surface area (TPSA) is 119 Å². The first kappa shape index (κ1) is 17.8. The Kier molecular flexibility index (Phi) is 5.92. The average Bonchev–Trinajstić information content (AvgIpc) is 2.20. The number of carbonyl (C=O) groups is 1. The third-order valence-corrected chi connectivity index (χ3v) is 4.12. The molecule has 0 aromatic rings. The van der Waals surface area contributed by atoms with Gasteiger partial charge in [-0.3, -0.25) is 8.98 Å². The zero-order valence-electron chi connectivity index (χ0n) is 9.10. The molecule has 0 aliphatic heterocycles. The second-order valence-electron chi connectivity index (χ2n) is 2.80. The van der Waals surface area contributed by atoms with Crippen molar-refractivity contribution in [2.24, 2.45) is 0 Å². The summed E-state index contributed by atoms with van der Waals surface area (Å²) in [4.78, 5) is 10.6. The van der Waals surface area contributed by atoms with E-state index in [2.05, 4.69) is 16.1 Å². The van der Waals surface area contributed by atoms with E-state index in [0.29, 0.717) is 4.13 Å². The van der Waals surface area contributed by atoms with Crippen molar-refractivity contribution in [1.82, 2.24) is 9.44 Å². The molecule has 0 saturated heterocycles. The molecule has 8 nitrogen and oxygen atoms in total. The lowest BCUT2D eigenvalue weighted by Gasteiger charge is -2.10. The van der Waals surface area contributed by atoms with Gasteiger partial charge < -0.3 is 5.32 Å². The molecule has 0 aromatic carbocycles. The van der Waals surface area contributed by atoms with Crippen molar-refractivity contribution < 1.29 is 39.0 Å². The van der Waals surface area contributed by atoms with E-state index in [1.807, 2.05) is 0 Å². The molecule has 0 rings (SSSR count). The zero-order chi connectivity index (χ0) is 15.3. The van der Waals surface area contributed by atoms with Crippen molar-refractivity contribution in [2.75, 3.05) is 13.2 Å². The summed E-state index contributed by atoms with van der Waals surface area (Å²) < 4.78 is 82.5. The van der Waals surface area contributed by atoms with Gasteiger partial charge in [0.2, 0.25) is 5.91 Å². The summed E-state index contributed by atoms with van der Waals surface area (Å²) in [5.41, 5.74) is -5.79. The minimum Gasteiger partial charge on any atom is -0.350 e. The van der Waals surface area contributed by atoms with Gasteiger partial charge in [0.15, 0.2) is 0 Å². The molecule has 0 fully saturated rings. The Bertz CT molecular complexity index is 538. The van der Waals surface area contributed by atoms with Crippen molar-refractivity contribution in [3.8, 4) is 0 Å². The van der Waals surface area contributed by atoms with Crippen molar-refractivity contribution >= 4 is 26.2 Å². The van der Waals surface area contributed by atoms with Crippen LogP contribution in [0.1, 0.15) is 0 Å². The predicted octanol–water partition coefficient (Wildman–Crippen LogP) is -1.01. The standard InChI is InChI=1S/C6H9F3N2O6S2/c1-2-5(12)10-3-4-17-19(15,16)11-18(13,14)6(7,8)9/h2,11H,1,3-4H2,(H,10,12). The summed E-state index contributed by atoms with van der Waals surface area (Å²) in [5.74, 6) is -0.670. The van der Waals surface area contributed by atoms with Crippen LogP contribution in [-0.4, -0.2) is 41.4 Å². The number of amides is 1. The van der Waals surface area contributed by atoms with Gasteiger partial charge in [-0.2, -0.15) is 21.6 Å². The highest BCUT2D eigenvalue weighted by molar-refractivity contribution is 8.03. The van der Waals surface area contributed by atoms with Gasteiger partial charge in [0.05, 0.1) is 6.61 Å². The van der Waals surface area contributed by atoms with Crippen LogP contribution in [0.25, 0.3) is 0 Å². The van der Waals surface area contributed by atoms with E-state index in [1.54, 1.807) is 0 Å². The van der Waals surface area contributed by atoms with Crippen LogP contribution in [0.4, 0.5) is 13.2 Å². The Morgan fingerprint density at radius 3 is 2.21 bits per heavy atom. The van der Waals surface area contributed by atoms with E-state index in [0.717, 1.165) is 6.08 Å². The lowest BCUT2D eigenvalue weighted by atomic mass is 10.5. The molecule has 0 aliphatic carbocycles. The second-order valence-corrected chi connectivity index (χ2v) is 6.08. The fourth-order valence-corrected chi connectivity index (χ4v) is 2.55. The van der Waals surface area contributed by atoms with E-state index in [9.17, 15) is 34.8 Å². The predicted molar refractivity (Wildman–Crippen MR) is 56.2 cm³/mol. The summed E-state index contributed by atoms with van der Waals surface area (Å²) in [6.45, 7) is 1.94. The Morgan fingerprint density at radius 1 is 1.26 bits per heavy atom. The Hall–Kier alpha value is -1.18. The Morgan fingerprint density at radius 2 is 1.79 bits per heavy atom. The van der Waals surface area contributed by atoms with Crippen molar-refractivity contribution in [1.29, 1.82) is 0 Å². The summed E-state index contributed by atoms with van der Waals surface area (Å²) in [6.07, 6.45) is 0.862. The highest BCUT2D eigenvalue weighted by Crippen LogP contribution is 2.22. The molecule has 0 aliphatic rings. The molecule has 0 aromatic heterocycles. The summed E-state index contributed by atoms with van der Waals surface area (Å²) in [7, 11) is -11.2. The molecule has 0 saturated carbocycles. The monoisotopic (exact) mass is 326 g/mol. The molecule has 13 heteroatoms. The largest absolute Gasteiger partial charge is 0.512 e. The molecule has 19 heavy (non-hydrogen) atoms. The van der Waals surface area contributed by atoms with Crippen LogP contribution >= 0.6 is 0 Å². The first-order valence-electron chi connectivity index (χ1n) is 4.31. The molecule has 2 N–H and O–H groups in total. The van der Waals surface area contributed by atoms with Gasteiger partial charge in [-0.25, -0.2) is 8.42 Å². The molecular weight excluding hydrogens is 317 g/mol. The van der Waals surface area contributed by atoms with Crippen molar-refractivity contribution in [3.05, 3.63) is 12.7 Å². The molecule has 0 spiro atoms. The number of hydrogen-bond donors (Lipinski definition) is 2. The van der Waals surface area contributed by atoms with Crippen LogP contribution in [0.5, 0.6) is 0 Å². The van der Waals surface area contributed by atoms with Crippen LogP contribution in [-0.2, 0) is 29.3 Å². The van der Waals surface area contributed by atoms with Crippen LogP contribution < -0.4 is 9.44 Å². The van der Waals surface area contributed by atoms with Crippen LogP contribution in [0.2, 0.25) is 0 Å². The normalized spacial score (nSPS) is 13.0. The van der Waals surface area contributed by atoms with Gasteiger partial charge in [-0.05, 0) is 6.08 Å². The maximum atomic E-state index is 11.9. The summed E-state index contributed by atoms with van der Waals surface area (Å²) in [5, 5.41) is 2.05. The number of carbonyl (C=O) groups excluding carboxylic acids is 1. The number of hydrogen-bond acceptors (Lipinski definition) is 6. The van der Waals surface area contributed by atoms with Gasteiger partial charge >= 0.3 is 25.8 Å². The summed E-state index contributed by atoms with van der Waals surface area (Å²) in [6, 6.07) is 0. The smallest absolute Gasteiger partial charge is 0.350 e. The number of alkyl halides is 3. The molecule has 0 radical (unpaired) electrons. The minimum atomic E-state index is -6.08. The van der Waals surface area contributed by atoms with Crippen LogP contribution in [0.3, 0.4) is 0 Å². The van der Waals surface area contributed by atoms with E-state index in [4.69, 9.17) is 0 Å². The second kappa shape index (κ2) is 6.31. The van der Waals surface area contributed by atoms with E-state index >= 15 is 0 Å². The molecular formula is C6H9F3N2O6S2. The third kappa shape index (κ3) is 6.51. The fraction of sp³-hybridized carbons (Fsp3) is 0.500. The zero-order valence-corrected chi connectivity index (χ0v) is 10.7. The minimum absolute atomic E-state index is 0.339. The van der Waals surface area contributed by atoms with E-state index < -0.39 is 38.3 Å². The van der Waals surface area contributed by atoms with Gasteiger partial charge in [0, 0.05) is 6.54 Å². The highest BCUT2D eigenvalue weighted by atomic mass is 32.3. The van der Waals surface area contributed by atoms with Crippen LogP contribution in [0, 0.1) is 0 Å². The van der Waals surface area contributed by atoms with Crippen molar-refractivity contribution in [2.45, 2.75) is 5.51 Å². The quantitative estimate of drug-likeness (QED) is 0.457. The third-order valence-electron chi connectivity index (χ3n) is 1.34. The van der Waals surface area contributed by atoms with Gasteiger partial charge in [0.25, 0.3) is 0 Å². The first-order chi connectivity index (χ1) is 8.41. The maximum absolute atomic E-state index is 11.9. The number of sulfonamides is 1. The molecule has 0 unspecified atom stereocenters. The molecule has 112 valence electrons. The highest BCUT2D eigenvalue weighted by Gasteiger charge is 2.48. The lowest BCUT2D eigenvalue weighted by Crippen LogP contribution is -2.41. The fourth-order valence-electron chi connectivity index (χ4n) is 0.603. The molecule has 0 atom stereocenters. The molecule has 0 heterocycles. The van der Waals surface area contributed by atoms with Gasteiger partial charge in [-0.15, -0.1) is 0 Å². The SMILES string of the molecule is C=CC(=O)NCCOS(=O)(=O)NS(=O)(=O)C(F)(F)F. The van der Waals surface area contributed by atoms with Gasteiger partial charge in [0.1, 0.15) is 0 Å². The van der Waals surface area contributed by atoms with Crippen molar-refractivity contribution in [3.63, 3.8) is 0 Å². The maximum Gasteiger partial charge on any atom is 0.512 e. The Labute approximate surface area is 106 Å². The van der Waals surface area contributed by atoms with E-state index in [1.165, 1.54) is 0 Å². The first-order valence-corrected chi connectivity index (χ1v) is 7.20. The molecule has 1 amide bonds. The van der Waals surface area contributed by atoms with Gasteiger partial charge in [-0.1, -0.05) is 10.7 Å². The average molecular weight is 326 g/mol. The van der Waals surface area contributed by atoms with Crippen LogP contribution in [0.15, 0.2) is 12.7 Å². The Balaban J connectivity index is 4.44. The van der Waals surface area contributed by atoms with E-state index in [-0.39, 0.29) is 6.54 Å².